The highest BCUT2D eigenvalue weighted by Gasteiger charge is 2.25. The molecule has 0 amide bonds. The Morgan fingerprint density at radius 1 is 1.08 bits per heavy atom. The van der Waals surface area contributed by atoms with Gasteiger partial charge in [0.2, 0.25) is 0 Å². The number of aryl methyl sites for hydroxylation is 1. The topological polar surface area (TPSA) is 65.4 Å². The van der Waals surface area contributed by atoms with Gasteiger partial charge in [-0.05, 0) is 30.9 Å². The maximum atomic E-state index is 10.5. The Kier molecular flexibility index (Phi) is 4.38. The quantitative estimate of drug-likeness (QED) is 0.680. The van der Waals surface area contributed by atoms with Gasteiger partial charge in [0.25, 0.3) is 0 Å². The van der Waals surface area contributed by atoms with Gasteiger partial charge in [-0.1, -0.05) is 48.5 Å². The van der Waals surface area contributed by atoms with Gasteiger partial charge in [-0.15, -0.1) is 0 Å². The van der Waals surface area contributed by atoms with E-state index in [0.29, 0.717) is 6.54 Å². The van der Waals surface area contributed by atoms with Crippen molar-refractivity contribution in [1.82, 2.24) is 4.98 Å². The first-order valence-electron chi connectivity index (χ1n) is 8.80. The predicted octanol–water partition coefficient (Wildman–Crippen LogP) is 3.75. The van der Waals surface area contributed by atoms with Gasteiger partial charge in [0.15, 0.2) is 0 Å². The first kappa shape index (κ1) is 16.1. The Balaban J connectivity index is 1.71. The van der Waals surface area contributed by atoms with Crippen molar-refractivity contribution in [2.45, 2.75) is 31.5 Å². The zero-order chi connectivity index (χ0) is 17.2. The summed E-state index contributed by atoms with van der Waals surface area (Å²) in [6, 6.07) is 17.6. The number of aromatic nitrogens is 1. The minimum atomic E-state index is -0.607. The van der Waals surface area contributed by atoms with Crippen molar-refractivity contribution in [1.29, 1.82) is 0 Å². The van der Waals surface area contributed by atoms with E-state index < -0.39 is 12.2 Å². The average Bonchev–Trinajstić information content (AvgIpc) is 2.66. The van der Waals surface area contributed by atoms with Crippen LogP contribution in [0.1, 0.15) is 41.9 Å². The van der Waals surface area contributed by atoms with Crippen molar-refractivity contribution in [3.63, 3.8) is 0 Å². The molecule has 1 aliphatic carbocycles. The zero-order valence-corrected chi connectivity index (χ0v) is 14.0. The number of nitrogens with one attached hydrogen (secondary N) is 1. The van der Waals surface area contributed by atoms with E-state index in [-0.39, 0.29) is 0 Å². The number of nitrogens with zero attached hydrogens (tertiary/aromatic N) is 1. The number of hydrogen-bond acceptors (Lipinski definition) is 4. The number of fused-ring (bicyclic) bond motifs is 2. The normalized spacial score (nSPS) is 17.9. The minimum Gasteiger partial charge on any atom is -0.388 e. The number of rotatable bonds is 4. The highest BCUT2D eigenvalue weighted by Crippen LogP contribution is 2.38. The van der Waals surface area contributed by atoms with Crippen LogP contribution in [0.25, 0.3) is 10.9 Å². The largest absolute Gasteiger partial charge is 0.388 e. The van der Waals surface area contributed by atoms with Gasteiger partial charge >= 0.3 is 0 Å². The molecule has 0 aliphatic heterocycles. The lowest BCUT2D eigenvalue weighted by Crippen LogP contribution is -2.18. The van der Waals surface area contributed by atoms with Crippen molar-refractivity contribution in [2.75, 3.05) is 11.9 Å². The molecule has 128 valence electrons. The molecular weight excluding hydrogens is 312 g/mol. The highest BCUT2D eigenvalue weighted by atomic mass is 16.3. The lowest BCUT2D eigenvalue weighted by Gasteiger charge is -2.26. The number of anilines is 1. The van der Waals surface area contributed by atoms with Crippen molar-refractivity contribution < 1.29 is 10.2 Å². The molecule has 0 saturated heterocycles. The Bertz CT molecular complexity index is 880. The van der Waals surface area contributed by atoms with Crippen LogP contribution in [0.15, 0.2) is 54.6 Å². The summed E-state index contributed by atoms with van der Waals surface area (Å²) in [6.45, 7) is 0.386. The van der Waals surface area contributed by atoms with Crippen LogP contribution in [0.5, 0.6) is 0 Å². The van der Waals surface area contributed by atoms with Crippen LogP contribution < -0.4 is 5.32 Å². The molecule has 0 bridgehead atoms. The van der Waals surface area contributed by atoms with Gasteiger partial charge in [-0.25, -0.2) is 0 Å². The molecule has 25 heavy (non-hydrogen) atoms. The molecule has 2 aromatic carbocycles. The number of pyridine rings is 1. The molecule has 3 aromatic rings. The van der Waals surface area contributed by atoms with Gasteiger partial charge in [0.1, 0.15) is 0 Å². The molecule has 0 fully saturated rings. The highest BCUT2D eigenvalue weighted by molar-refractivity contribution is 5.93. The van der Waals surface area contributed by atoms with Crippen LogP contribution in [0.3, 0.4) is 0 Å². The molecule has 4 nitrogen and oxygen atoms in total. The molecule has 3 N–H and O–H groups in total. The van der Waals surface area contributed by atoms with Crippen molar-refractivity contribution in [3.05, 3.63) is 71.4 Å². The summed E-state index contributed by atoms with van der Waals surface area (Å²) in [5, 5.41) is 25.4. The number of aliphatic hydroxyl groups excluding tert-OH is 2. The second-order valence-electron chi connectivity index (χ2n) is 6.58. The molecule has 1 heterocycles. The number of aliphatic hydroxyl groups is 2. The first-order valence-corrected chi connectivity index (χ1v) is 8.80. The standard InChI is InChI=1S/C21H22N2O2/c24-18-12-6-11-17-20(18)21(15-9-4-5-10-16(15)23-17)22-13-19(25)14-7-2-1-3-8-14/h1-5,7-10,18-19,24-25H,6,11-13H2,(H,22,23). The summed E-state index contributed by atoms with van der Waals surface area (Å²) in [7, 11) is 0. The van der Waals surface area contributed by atoms with Gasteiger partial charge in [0.05, 0.1) is 23.4 Å². The Hall–Kier alpha value is -2.43. The summed E-state index contributed by atoms with van der Waals surface area (Å²) < 4.78 is 0. The molecule has 0 spiro atoms. The van der Waals surface area contributed by atoms with E-state index >= 15 is 0 Å². The van der Waals surface area contributed by atoms with Gasteiger partial charge < -0.3 is 15.5 Å². The maximum absolute atomic E-state index is 10.5. The van der Waals surface area contributed by atoms with Gasteiger partial charge in [-0.3, -0.25) is 4.98 Å². The Labute approximate surface area is 147 Å². The molecule has 1 aliphatic rings. The van der Waals surface area contributed by atoms with Crippen LogP contribution in [-0.4, -0.2) is 21.7 Å². The third-order valence-corrected chi connectivity index (χ3v) is 4.89. The summed E-state index contributed by atoms with van der Waals surface area (Å²) >= 11 is 0. The van der Waals surface area contributed by atoms with Crippen LogP contribution in [0, 0.1) is 0 Å². The molecule has 0 saturated carbocycles. The fraction of sp³-hybridized carbons (Fsp3) is 0.286. The van der Waals surface area contributed by atoms with E-state index in [1.165, 1.54) is 0 Å². The smallest absolute Gasteiger partial charge is 0.0962 e. The van der Waals surface area contributed by atoms with E-state index in [1.54, 1.807) is 0 Å². The average molecular weight is 334 g/mol. The van der Waals surface area contributed by atoms with Gasteiger partial charge in [0, 0.05) is 23.2 Å². The number of hydrogen-bond donors (Lipinski definition) is 3. The third-order valence-electron chi connectivity index (χ3n) is 4.89. The number of para-hydroxylation sites is 1. The second-order valence-corrected chi connectivity index (χ2v) is 6.58. The fourth-order valence-corrected chi connectivity index (χ4v) is 3.62. The van der Waals surface area contributed by atoms with E-state index in [9.17, 15) is 10.2 Å². The number of benzene rings is 2. The lowest BCUT2D eigenvalue weighted by atomic mass is 9.90. The van der Waals surface area contributed by atoms with E-state index in [2.05, 4.69) is 5.32 Å². The van der Waals surface area contributed by atoms with Crippen LogP contribution in [0.2, 0.25) is 0 Å². The van der Waals surface area contributed by atoms with Crippen LogP contribution in [0.4, 0.5) is 5.69 Å². The lowest BCUT2D eigenvalue weighted by molar-refractivity contribution is 0.156. The van der Waals surface area contributed by atoms with Crippen molar-refractivity contribution in [2.24, 2.45) is 0 Å². The first-order chi connectivity index (χ1) is 12.2. The van der Waals surface area contributed by atoms with Crippen molar-refractivity contribution in [3.8, 4) is 0 Å². The summed E-state index contributed by atoms with van der Waals surface area (Å²) in [4.78, 5) is 4.75. The van der Waals surface area contributed by atoms with E-state index in [4.69, 9.17) is 4.98 Å². The molecule has 1 aromatic heterocycles. The molecule has 4 heteroatoms. The van der Waals surface area contributed by atoms with Crippen LogP contribution >= 0.6 is 0 Å². The fourth-order valence-electron chi connectivity index (χ4n) is 3.62. The van der Waals surface area contributed by atoms with E-state index in [1.807, 2.05) is 54.6 Å². The van der Waals surface area contributed by atoms with Crippen molar-refractivity contribution >= 4 is 16.6 Å². The second kappa shape index (κ2) is 6.82. The predicted molar refractivity (Wildman–Crippen MR) is 99.5 cm³/mol. The molecular formula is C21H22N2O2. The van der Waals surface area contributed by atoms with E-state index in [0.717, 1.165) is 52.7 Å². The molecule has 2 atom stereocenters. The summed E-state index contributed by atoms with van der Waals surface area (Å²) in [5.74, 6) is 0. The monoisotopic (exact) mass is 334 g/mol. The Morgan fingerprint density at radius 2 is 1.84 bits per heavy atom. The van der Waals surface area contributed by atoms with Crippen LogP contribution in [-0.2, 0) is 6.42 Å². The molecule has 4 rings (SSSR count). The molecule has 0 radical (unpaired) electrons. The Morgan fingerprint density at radius 3 is 2.68 bits per heavy atom. The third kappa shape index (κ3) is 3.11. The summed E-state index contributed by atoms with van der Waals surface area (Å²) in [5.41, 5.74) is 4.57. The van der Waals surface area contributed by atoms with Gasteiger partial charge in [-0.2, -0.15) is 0 Å². The maximum Gasteiger partial charge on any atom is 0.0962 e. The SMILES string of the molecule is OC(CNc1c2c(nc3ccccc13)CCCC2O)c1ccccc1. The zero-order valence-electron chi connectivity index (χ0n) is 14.0. The molecule has 2 unspecified atom stereocenters. The summed E-state index contributed by atoms with van der Waals surface area (Å²) in [6.07, 6.45) is 1.48. The minimum absolute atomic E-state index is 0.386.